The van der Waals surface area contributed by atoms with Gasteiger partial charge in [0.1, 0.15) is 0 Å². The number of rotatable bonds is 18. The fourth-order valence-electron chi connectivity index (χ4n) is 1.32. The maximum atomic E-state index is 5.37. The summed E-state index contributed by atoms with van der Waals surface area (Å²) in [6.45, 7) is 13.4. The number of hydrogen-bond donors (Lipinski definition) is 0. The maximum absolute atomic E-state index is 5.37. The summed E-state index contributed by atoms with van der Waals surface area (Å²) in [5.74, 6) is 0. The van der Waals surface area contributed by atoms with Crippen molar-refractivity contribution in [3.63, 3.8) is 0 Å². The average molecular weight is 302 g/mol. The first-order valence-electron chi connectivity index (χ1n) is 7.52. The molecule has 0 rings (SSSR count). The summed E-state index contributed by atoms with van der Waals surface area (Å²) in [7, 11) is 0. The van der Waals surface area contributed by atoms with Gasteiger partial charge in [0.15, 0.2) is 0 Å². The topological polar surface area (TPSA) is 46.2 Å². The molecule has 0 bridgehead atoms. The quantitative estimate of drug-likeness (QED) is 0.287. The van der Waals surface area contributed by atoms with E-state index in [1.807, 2.05) is 12.2 Å². The molecule has 0 atom stereocenters. The maximum Gasteiger partial charge on any atom is 0.0701 e. The summed E-state index contributed by atoms with van der Waals surface area (Å²) in [5, 5.41) is 0. The summed E-state index contributed by atoms with van der Waals surface area (Å²) >= 11 is 0. The lowest BCUT2D eigenvalue weighted by Gasteiger charge is -2.07. The second kappa shape index (κ2) is 19.3. The Morgan fingerprint density at radius 2 is 0.667 bits per heavy atom. The molecule has 0 aliphatic carbocycles. The summed E-state index contributed by atoms with van der Waals surface area (Å²) in [4.78, 5) is 0. The van der Waals surface area contributed by atoms with Crippen LogP contribution in [0.1, 0.15) is 12.8 Å². The third-order valence-electron chi connectivity index (χ3n) is 2.42. The van der Waals surface area contributed by atoms with Crippen molar-refractivity contribution in [1.82, 2.24) is 0 Å². The van der Waals surface area contributed by atoms with Crippen molar-refractivity contribution in [1.29, 1.82) is 0 Å². The van der Waals surface area contributed by atoms with Crippen LogP contribution in [0.15, 0.2) is 25.3 Å². The van der Waals surface area contributed by atoms with Gasteiger partial charge in [-0.1, -0.05) is 12.2 Å². The Kier molecular flexibility index (Phi) is 18.6. The van der Waals surface area contributed by atoms with Gasteiger partial charge in [0.25, 0.3) is 0 Å². The van der Waals surface area contributed by atoms with Gasteiger partial charge in [-0.2, -0.15) is 0 Å². The van der Waals surface area contributed by atoms with Crippen LogP contribution >= 0.6 is 0 Å². The highest BCUT2D eigenvalue weighted by Gasteiger charge is 1.93. The van der Waals surface area contributed by atoms with E-state index >= 15 is 0 Å². The predicted molar refractivity (Wildman–Crippen MR) is 83.7 cm³/mol. The van der Waals surface area contributed by atoms with E-state index < -0.39 is 0 Å². The van der Waals surface area contributed by atoms with Crippen molar-refractivity contribution in [2.24, 2.45) is 0 Å². The molecule has 5 heteroatoms. The van der Waals surface area contributed by atoms with Crippen LogP contribution in [0.25, 0.3) is 0 Å². The van der Waals surface area contributed by atoms with Crippen LogP contribution in [0.5, 0.6) is 0 Å². The van der Waals surface area contributed by atoms with E-state index in [1.165, 1.54) is 0 Å². The van der Waals surface area contributed by atoms with Crippen LogP contribution in [-0.4, -0.2) is 66.1 Å². The predicted octanol–water partition coefficient (Wildman–Crippen LogP) is 2.22. The first kappa shape index (κ1) is 20.3. The molecule has 5 nitrogen and oxygen atoms in total. The molecule has 0 unspecified atom stereocenters. The molecule has 0 radical (unpaired) electrons. The highest BCUT2D eigenvalue weighted by molar-refractivity contribution is 4.64. The van der Waals surface area contributed by atoms with Gasteiger partial charge in [0, 0.05) is 0 Å². The molecule has 21 heavy (non-hydrogen) atoms. The van der Waals surface area contributed by atoms with E-state index in [4.69, 9.17) is 23.7 Å². The zero-order valence-corrected chi connectivity index (χ0v) is 13.1. The fourth-order valence-corrected chi connectivity index (χ4v) is 1.32. The van der Waals surface area contributed by atoms with Crippen molar-refractivity contribution in [3.8, 4) is 0 Å². The van der Waals surface area contributed by atoms with E-state index in [0.717, 1.165) is 12.8 Å². The van der Waals surface area contributed by atoms with Crippen LogP contribution in [0, 0.1) is 0 Å². The lowest BCUT2D eigenvalue weighted by molar-refractivity contribution is -0.0104. The first-order chi connectivity index (χ1) is 10.4. The van der Waals surface area contributed by atoms with Crippen LogP contribution in [0.2, 0.25) is 0 Å². The SMILES string of the molecule is C=CCCOCCOCCOCCOCCOCCC=C. The van der Waals surface area contributed by atoms with Gasteiger partial charge < -0.3 is 23.7 Å². The average Bonchev–Trinajstić information content (AvgIpc) is 2.50. The number of hydrogen-bond acceptors (Lipinski definition) is 5. The summed E-state index contributed by atoms with van der Waals surface area (Å²) in [6, 6.07) is 0. The van der Waals surface area contributed by atoms with Crippen LogP contribution in [0.3, 0.4) is 0 Å². The zero-order chi connectivity index (χ0) is 15.4. The van der Waals surface area contributed by atoms with Crippen LogP contribution in [-0.2, 0) is 23.7 Å². The van der Waals surface area contributed by atoms with Gasteiger partial charge in [-0.05, 0) is 12.8 Å². The minimum Gasteiger partial charge on any atom is -0.379 e. The van der Waals surface area contributed by atoms with E-state index in [1.54, 1.807) is 0 Å². The van der Waals surface area contributed by atoms with E-state index in [0.29, 0.717) is 66.1 Å². The van der Waals surface area contributed by atoms with Crippen molar-refractivity contribution < 1.29 is 23.7 Å². The highest BCUT2D eigenvalue weighted by atomic mass is 16.6. The van der Waals surface area contributed by atoms with Gasteiger partial charge >= 0.3 is 0 Å². The smallest absolute Gasteiger partial charge is 0.0701 e. The Morgan fingerprint density at radius 1 is 0.429 bits per heavy atom. The molecular weight excluding hydrogens is 272 g/mol. The van der Waals surface area contributed by atoms with Crippen molar-refractivity contribution >= 4 is 0 Å². The standard InChI is InChI=1S/C16H30O5/c1-3-5-7-17-9-11-19-13-15-21-16-14-20-12-10-18-8-6-4-2/h3-4H,1-2,5-16H2. The Hall–Kier alpha value is -0.720. The number of ether oxygens (including phenoxy) is 5. The second-order valence-electron chi connectivity index (χ2n) is 4.22. The minimum atomic E-state index is 0.575. The molecule has 0 heterocycles. The second-order valence-corrected chi connectivity index (χ2v) is 4.22. The Morgan fingerprint density at radius 3 is 0.905 bits per heavy atom. The molecule has 0 aliphatic heterocycles. The molecule has 0 aromatic rings. The lowest BCUT2D eigenvalue weighted by Crippen LogP contribution is -2.13. The summed E-state index contributed by atoms with van der Waals surface area (Å²) in [6.07, 6.45) is 5.43. The normalized spacial score (nSPS) is 10.7. The highest BCUT2D eigenvalue weighted by Crippen LogP contribution is 1.86. The molecule has 124 valence electrons. The Bertz CT molecular complexity index is 199. The minimum absolute atomic E-state index is 0.575. The lowest BCUT2D eigenvalue weighted by atomic mass is 10.5. The van der Waals surface area contributed by atoms with E-state index in [-0.39, 0.29) is 0 Å². The van der Waals surface area contributed by atoms with E-state index in [9.17, 15) is 0 Å². The van der Waals surface area contributed by atoms with Gasteiger partial charge in [-0.15, -0.1) is 13.2 Å². The molecule has 0 aromatic heterocycles. The van der Waals surface area contributed by atoms with Crippen LogP contribution in [0.4, 0.5) is 0 Å². The molecule has 0 N–H and O–H groups in total. The van der Waals surface area contributed by atoms with Crippen molar-refractivity contribution in [2.45, 2.75) is 12.8 Å². The van der Waals surface area contributed by atoms with Crippen molar-refractivity contribution in [3.05, 3.63) is 25.3 Å². The Balaban J connectivity index is 2.93. The van der Waals surface area contributed by atoms with Crippen molar-refractivity contribution in [2.75, 3.05) is 66.1 Å². The van der Waals surface area contributed by atoms with Crippen LogP contribution < -0.4 is 0 Å². The third-order valence-corrected chi connectivity index (χ3v) is 2.42. The molecule has 0 aromatic carbocycles. The molecule has 0 saturated heterocycles. The third kappa shape index (κ3) is 19.3. The molecule has 0 amide bonds. The molecule has 0 aliphatic rings. The molecular formula is C16H30O5. The zero-order valence-electron chi connectivity index (χ0n) is 13.1. The fraction of sp³-hybridized carbons (Fsp3) is 0.750. The first-order valence-corrected chi connectivity index (χ1v) is 7.52. The molecule has 0 spiro atoms. The summed E-state index contributed by atoms with van der Waals surface area (Å²) < 4.78 is 26.7. The van der Waals surface area contributed by atoms with Gasteiger partial charge in [-0.25, -0.2) is 0 Å². The Labute approximate surface area is 128 Å². The largest absolute Gasteiger partial charge is 0.379 e. The molecule has 0 saturated carbocycles. The van der Waals surface area contributed by atoms with Gasteiger partial charge in [0.05, 0.1) is 66.1 Å². The molecule has 0 fully saturated rings. The monoisotopic (exact) mass is 302 g/mol. The summed E-state index contributed by atoms with van der Waals surface area (Å²) in [5.41, 5.74) is 0. The van der Waals surface area contributed by atoms with Gasteiger partial charge in [-0.3, -0.25) is 0 Å². The van der Waals surface area contributed by atoms with E-state index in [2.05, 4.69) is 13.2 Å². The van der Waals surface area contributed by atoms with Gasteiger partial charge in [0.2, 0.25) is 0 Å².